The molecule has 0 radical (unpaired) electrons. The highest BCUT2D eigenvalue weighted by molar-refractivity contribution is 5.76. The first kappa shape index (κ1) is 11.6. The molecule has 0 bridgehead atoms. The van der Waals surface area contributed by atoms with Crippen LogP contribution in [0, 0.1) is 0 Å². The summed E-state index contributed by atoms with van der Waals surface area (Å²) in [4.78, 5) is 10.8. The van der Waals surface area contributed by atoms with Gasteiger partial charge >= 0.3 is 0 Å². The second-order valence-corrected chi connectivity index (χ2v) is 3.76. The van der Waals surface area contributed by atoms with E-state index in [-0.39, 0.29) is 12.2 Å². The first-order valence-electron chi connectivity index (χ1n) is 4.62. The van der Waals surface area contributed by atoms with E-state index >= 15 is 0 Å². The molecule has 1 rings (SSSR count). The van der Waals surface area contributed by atoms with Gasteiger partial charge in [-0.15, -0.1) is 0 Å². The van der Waals surface area contributed by atoms with Crippen molar-refractivity contribution in [3.63, 3.8) is 0 Å². The van der Waals surface area contributed by atoms with Crippen LogP contribution >= 0.6 is 0 Å². The quantitative estimate of drug-likeness (QED) is 0.528. The number of ketones is 1. The summed E-state index contributed by atoms with van der Waals surface area (Å²) in [7, 11) is 0. The lowest BCUT2D eigenvalue weighted by Crippen LogP contribution is -2.56. The Morgan fingerprint density at radius 2 is 1.79 bits per heavy atom. The summed E-state index contributed by atoms with van der Waals surface area (Å²) in [5.74, 6) is -0.121. The highest BCUT2D eigenvalue weighted by Gasteiger charge is 2.41. The van der Waals surface area contributed by atoms with E-state index in [4.69, 9.17) is 4.74 Å². The van der Waals surface area contributed by atoms with Gasteiger partial charge in [0.15, 0.2) is 0 Å². The van der Waals surface area contributed by atoms with Gasteiger partial charge in [0, 0.05) is 6.42 Å². The number of rotatable bonds is 2. The van der Waals surface area contributed by atoms with Crippen LogP contribution in [0.25, 0.3) is 0 Å². The molecule has 5 nitrogen and oxygen atoms in total. The molecule has 82 valence electrons. The summed E-state index contributed by atoms with van der Waals surface area (Å²) >= 11 is 0. The summed E-state index contributed by atoms with van der Waals surface area (Å²) < 4.78 is 5.21. The molecule has 14 heavy (non-hydrogen) atoms. The lowest BCUT2D eigenvalue weighted by atomic mass is 9.93. The summed E-state index contributed by atoms with van der Waals surface area (Å²) in [6.07, 6.45) is -4.80. The SMILES string of the molecule is CC(=O)C[C@H]1O[C@H](C)[C@H](O)[C@H](O)[C@H]1O. The molecule has 1 saturated heterocycles. The molecule has 0 aromatic rings. The van der Waals surface area contributed by atoms with Gasteiger partial charge in [-0.2, -0.15) is 0 Å². The normalized spacial score (nSPS) is 43.6. The van der Waals surface area contributed by atoms with Crippen LogP contribution in [0.1, 0.15) is 20.3 Å². The van der Waals surface area contributed by atoms with Crippen LogP contribution in [0.3, 0.4) is 0 Å². The number of hydrogen-bond acceptors (Lipinski definition) is 5. The predicted molar refractivity (Wildman–Crippen MR) is 47.7 cm³/mol. The van der Waals surface area contributed by atoms with Crippen LogP contribution in [-0.4, -0.2) is 51.6 Å². The minimum absolute atomic E-state index is 0.0509. The fraction of sp³-hybridized carbons (Fsp3) is 0.889. The third-order valence-corrected chi connectivity index (χ3v) is 2.44. The fourth-order valence-electron chi connectivity index (χ4n) is 1.59. The maximum Gasteiger partial charge on any atom is 0.132 e. The van der Waals surface area contributed by atoms with Gasteiger partial charge in [0.2, 0.25) is 0 Å². The Morgan fingerprint density at radius 1 is 1.21 bits per heavy atom. The number of Topliss-reactive ketones (excluding diaryl/α,β-unsaturated/α-hetero) is 1. The van der Waals surface area contributed by atoms with Gasteiger partial charge in [-0.3, -0.25) is 4.79 Å². The van der Waals surface area contributed by atoms with Crippen molar-refractivity contribution in [2.45, 2.75) is 50.8 Å². The summed E-state index contributed by atoms with van der Waals surface area (Å²) in [6.45, 7) is 2.98. The third kappa shape index (κ3) is 2.30. The first-order chi connectivity index (χ1) is 6.43. The molecule has 5 atom stereocenters. The Kier molecular flexibility index (Phi) is 3.60. The van der Waals surface area contributed by atoms with Crippen molar-refractivity contribution in [2.75, 3.05) is 0 Å². The molecule has 0 amide bonds. The zero-order chi connectivity index (χ0) is 10.9. The second-order valence-electron chi connectivity index (χ2n) is 3.76. The molecule has 0 saturated carbocycles. The van der Waals surface area contributed by atoms with E-state index in [9.17, 15) is 20.1 Å². The number of carbonyl (C=O) groups is 1. The van der Waals surface area contributed by atoms with Crippen molar-refractivity contribution in [2.24, 2.45) is 0 Å². The molecule has 0 aliphatic carbocycles. The smallest absolute Gasteiger partial charge is 0.132 e. The van der Waals surface area contributed by atoms with Crippen molar-refractivity contribution in [1.29, 1.82) is 0 Å². The van der Waals surface area contributed by atoms with Crippen molar-refractivity contribution < 1.29 is 24.9 Å². The van der Waals surface area contributed by atoms with Crippen LogP contribution in [0.2, 0.25) is 0 Å². The number of aliphatic hydroxyl groups is 3. The zero-order valence-corrected chi connectivity index (χ0v) is 8.25. The van der Waals surface area contributed by atoms with Crippen LogP contribution < -0.4 is 0 Å². The second kappa shape index (κ2) is 4.35. The minimum atomic E-state index is -1.25. The molecule has 1 fully saturated rings. The highest BCUT2D eigenvalue weighted by Crippen LogP contribution is 2.22. The Hall–Kier alpha value is -0.490. The van der Waals surface area contributed by atoms with E-state index in [1.54, 1.807) is 6.92 Å². The number of aliphatic hydroxyl groups excluding tert-OH is 3. The van der Waals surface area contributed by atoms with E-state index in [2.05, 4.69) is 0 Å². The Balaban J connectivity index is 2.65. The topological polar surface area (TPSA) is 87.0 Å². The monoisotopic (exact) mass is 204 g/mol. The van der Waals surface area contributed by atoms with Gasteiger partial charge in [-0.05, 0) is 13.8 Å². The van der Waals surface area contributed by atoms with Crippen LogP contribution in [0.15, 0.2) is 0 Å². The maximum atomic E-state index is 10.8. The number of hydrogen-bond donors (Lipinski definition) is 3. The van der Waals surface area contributed by atoms with Gasteiger partial charge in [-0.1, -0.05) is 0 Å². The standard InChI is InChI=1S/C9H16O5/c1-4(10)3-6-8(12)9(13)7(11)5(2)14-6/h5-9,11-13H,3H2,1-2H3/t5-,6-,7+,8+,9+/m1/s1. The average Bonchev–Trinajstić information content (AvgIpc) is 2.10. The van der Waals surface area contributed by atoms with E-state index in [1.807, 2.05) is 0 Å². The van der Waals surface area contributed by atoms with E-state index in [1.165, 1.54) is 6.92 Å². The lowest BCUT2D eigenvalue weighted by Gasteiger charge is -2.39. The molecule has 0 unspecified atom stereocenters. The van der Waals surface area contributed by atoms with Gasteiger partial charge in [0.1, 0.15) is 24.1 Å². The van der Waals surface area contributed by atoms with Gasteiger partial charge in [-0.25, -0.2) is 0 Å². The molecule has 1 aliphatic rings. The molecule has 5 heteroatoms. The average molecular weight is 204 g/mol. The molecule has 0 aromatic heterocycles. The van der Waals surface area contributed by atoms with Crippen molar-refractivity contribution >= 4 is 5.78 Å². The van der Waals surface area contributed by atoms with Crippen LogP contribution in [-0.2, 0) is 9.53 Å². The predicted octanol–water partition coefficient (Wildman–Crippen LogP) is -1.16. The van der Waals surface area contributed by atoms with E-state index in [0.29, 0.717) is 0 Å². The molecule has 0 aromatic carbocycles. The van der Waals surface area contributed by atoms with Gasteiger partial charge in [0.05, 0.1) is 12.2 Å². The Bertz CT molecular complexity index is 217. The summed E-state index contributed by atoms with van der Waals surface area (Å²) in [6, 6.07) is 0. The zero-order valence-electron chi connectivity index (χ0n) is 8.25. The molecular formula is C9H16O5. The number of carbonyl (C=O) groups excluding carboxylic acids is 1. The summed E-state index contributed by atoms with van der Waals surface area (Å²) in [5, 5.41) is 28.2. The molecule has 1 heterocycles. The van der Waals surface area contributed by atoms with Gasteiger partial charge < -0.3 is 20.1 Å². The van der Waals surface area contributed by atoms with Crippen LogP contribution in [0.4, 0.5) is 0 Å². The third-order valence-electron chi connectivity index (χ3n) is 2.44. The fourth-order valence-corrected chi connectivity index (χ4v) is 1.59. The van der Waals surface area contributed by atoms with E-state index in [0.717, 1.165) is 0 Å². The Morgan fingerprint density at radius 3 is 2.29 bits per heavy atom. The minimum Gasteiger partial charge on any atom is -0.388 e. The maximum absolute atomic E-state index is 10.8. The van der Waals surface area contributed by atoms with Crippen LogP contribution in [0.5, 0.6) is 0 Å². The van der Waals surface area contributed by atoms with Crippen molar-refractivity contribution in [1.82, 2.24) is 0 Å². The summed E-state index contributed by atoms with van der Waals surface area (Å²) in [5.41, 5.74) is 0. The van der Waals surface area contributed by atoms with Crippen molar-refractivity contribution in [3.05, 3.63) is 0 Å². The Labute approximate surface area is 82.3 Å². The molecule has 0 spiro atoms. The van der Waals surface area contributed by atoms with Crippen molar-refractivity contribution in [3.8, 4) is 0 Å². The molecular weight excluding hydrogens is 188 g/mol. The number of ether oxygens (including phenoxy) is 1. The largest absolute Gasteiger partial charge is 0.388 e. The first-order valence-corrected chi connectivity index (χ1v) is 4.62. The van der Waals surface area contributed by atoms with Gasteiger partial charge in [0.25, 0.3) is 0 Å². The lowest BCUT2D eigenvalue weighted by molar-refractivity contribution is -0.217. The van der Waals surface area contributed by atoms with E-state index < -0.39 is 30.5 Å². The molecule has 3 N–H and O–H groups in total. The highest BCUT2D eigenvalue weighted by atomic mass is 16.5. The molecule has 1 aliphatic heterocycles.